The lowest BCUT2D eigenvalue weighted by Crippen LogP contribution is -2.10. The lowest BCUT2D eigenvalue weighted by molar-refractivity contribution is 0.858. The molecular formula is C14H10N2. The maximum Gasteiger partial charge on any atom is 0.0920 e. The Bertz CT molecular complexity index is 620. The van der Waals surface area contributed by atoms with E-state index in [0.717, 1.165) is 11.1 Å². The largest absolute Gasteiger partial charge is 0.291 e. The second-order valence-corrected chi connectivity index (χ2v) is 3.97. The van der Waals surface area contributed by atoms with Crippen LogP contribution in [0.1, 0.15) is 17.0 Å². The van der Waals surface area contributed by atoms with Gasteiger partial charge in [0.2, 0.25) is 0 Å². The fourth-order valence-corrected chi connectivity index (χ4v) is 2.27. The van der Waals surface area contributed by atoms with Crippen LogP contribution in [0.25, 0.3) is 10.8 Å². The van der Waals surface area contributed by atoms with Crippen molar-refractivity contribution >= 4 is 17.0 Å². The highest BCUT2D eigenvalue weighted by molar-refractivity contribution is 5.96. The Hall–Kier alpha value is -2.14. The smallest absolute Gasteiger partial charge is 0.0920 e. The molecule has 0 spiro atoms. The van der Waals surface area contributed by atoms with Gasteiger partial charge in [-0.1, -0.05) is 36.4 Å². The molecule has 2 nitrogen and oxygen atoms in total. The topological polar surface area (TPSA) is 36.1 Å². The summed E-state index contributed by atoms with van der Waals surface area (Å²) in [5, 5.41) is 11.5. The van der Waals surface area contributed by atoms with Gasteiger partial charge < -0.3 is 0 Å². The van der Waals surface area contributed by atoms with Crippen LogP contribution >= 0.6 is 0 Å². The van der Waals surface area contributed by atoms with Gasteiger partial charge in [-0.05, 0) is 21.9 Å². The molecule has 2 aromatic carbocycles. The van der Waals surface area contributed by atoms with E-state index in [1.807, 2.05) is 24.4 Å². The molecular weight excluding hydrogens is 196 g/mol. The molecule has 1 atom stereocenters. The Morgan fingerprint density at radius 2 is 2.06 bits per heavy atom. The molecule has 1 heterocycles. The summed E-state index contributed by atoms with van der Waals surface area (Å²) < 4.78 is 0. The second-order valence-electron chi connectivity index (χ2n) is 3.97. The van der Waals surface area contributed by atoms with Crippen molar-refractivity contribution in [3.8, 4) is 6.07 Å². The first kappa shape index (κ1) is 9.11. The van der Waals surface area contributed by atoms with E-state index in [1.54, 1.807) is 0 Å². The fourth-order valence-electron chi connectivity index (χ4n) is 2.27. The average Bonchev–Trinajstić information content (AvgIpc) is 2.37. The number of nitrogens with zero attached hydrogens (tertiary/aromatic N) is 2. The summed E-state index contributed by atoms with van der Waals surface area (Å²) in [6.07, 6.45) is 1.87. The van der Waals surface area contributed by atoms with E-state index >= 15 is 0 Å². The number of rotatable bonds is 0. The van der Waals surface area contributed by atoms with Crippen LogP contribution in [0.5, 0.6) is 0 Å². The molecule has 76 valence electrons. The van der Waals surface area contributed by atoms with Gasteiger partial charge in [-0.25, -0.2) is 0 Å². The molecule has 3 rings (SSSR count). The number of fused-ring (bicyclic) bond motifs is 3. The molecule has 1 aliphatic rings. The highest BCUT2D eigenvalue weighted by Gasteiger charge is 2.19. The molecule has 0 N–H and O–H groups in total. The molecule has 16 heavy (non-hydrogen) atoms. The zero-order valence-corrected chi connectivity index (χ0v) is 8.72. The van der Waals surface area contributed by atoms with Gasteiger partial charge in [0, 0.05) is 6.21 Å². The van der Waals surface area contributed by atoms with Crippen molar-refractivity contribution in [1.82, 2.24) is 0 Å². The van der Waals surface area contributed by atoms with Crippen LogP contribution in [0.2, 0.25) is 0 Å². The van der Waals surface area contributed by atoms with Gasteiger partial charge in [0.1, 0.15) is 0 Å². The molecule has 2 aromatic rings. The van der Waals surface area contributed by atoms with Crippen molar-refractivity contribution < 1.29 is 0 Å². The highest BCUT2D eigenvalue weighted by atomic mass is 14.7. The predicted octanol–water partition coefficient (Wildman–Crippen LogP) is 2.88. The molecule has 0 saturated heterocycles. The molecule has 0 bridgehead atoms. The van der Waals surface area contributed by atoms with Gasteiger partial charge >= 0.3 is 0 Å². The standard InChI is InChI=1S/C14H10N2/c15-7-12-9-16-8-11-6-5-10-3-1-2-4-13(10)14(11)12/h1-6,8,12H,9H2. The van der Waals surface area contributed by atoms with Crippen molar-refractivity contribution in [3.05, 3.63) is 47.5 Å². The molecule has 0 saturated carbocycles. The van der Waals surface area contributed by atoms with Crippen LogP contribution in [0.4, 0.5) is 0 Å². The van der Waals surface area contributed by atoms with E-state index in [0.29, 0.717) is 6.54 Å². The van der Waals surface area contributed by atoms with Crippen molar-refractivity contribution in [2.45, 2.75) is 5.92 Å². The van der Waals surface area contributed by atoms with Crippen LogP contribution in [-0.4, -0.2) is 12.8 Å². The summed E-state index contributed by atoms with van der Waals surface area (Å²) in [5.74, 6) is -0.105. The number of nitriles is 1. The third kappa shape index (κ3) is 1.22. The summed E-state index contributed by atoms with van der Waals surface area (Å²) >= 11 is 0. The van der Waals surface area contributed by atoms with Gasteiger partial charge in [-0.2, -0.15) is 5.26 Å². The van der Waals surface area contributed by atoms with E-state index < -0.39 is 0 Å². The van der Waals surface area contributed by atoms with Gasteiger partial charge in [-0.3, -0.25) is 4.99 Å². The summed E-state index contributed by atoms with van der Waals surface area (Å²) in [6, 6.07) is 14.7. The Labute approximate surface area is 93.9 Å². The number of aliphatic imine (C=N–C) groups is 1. The van der Waals surface area contributed by atoms with Crippen molar-refractivity contribution in [1.29, 1.82) is 5.26 Å². The van der Waals surface area contributed by atoms with Gasteiger partial charge in [0.05, 0.1) is 18.5 Å². The third-order valence-corrected chi connectivity index (χ3v) is 3.03. The number of hydrogen-bond donors (Lipinski definition) is 0. The van der Waals surface area contributed by atoms with Crippen LogP contribution in [-0.2, 0) is 0 Å². The first-order valence-corrected chi connectivity index (χ1v) is 5.31. The van der Waals surface area contributed by atoms with Crippen molar-refractivity contribution in [2.75, 3.05) is 6.54 Å². The summed E-state index contributed by atoms with van der Waals surface area (Å²) in [5.41, 5.74) is 2.21. The fraction of sp³-hybridized carbons (Fsp3) is 0.143. The molecule has 0 fully saturated rings. The van der Waals surface area contributed by atoms with Gasteiger partial charge in [0.25, 0.3) is 0 Å². The highest BCUT2D eigenvalue weighted by Crippen LogP contribution is 2.30. The Kier molecular flexibility index (Phi) is 1.97. The molecule has 2 heteroatoms. The maximum absolute atomic E-state index is 9.17. The average molecular weight is 206 g/mol. The molecule has 0 amide bonds. The molecule has 0 aliphatic carbocycles. The summed E-state index contributed by atoms with van der Waals surface area (Å²) in [4.78, 5) is 4.23. The summed E-state index contributed by atoms with van der Waals surface area (Å²) in [7, 11) is 0. The van der Waals surface area contributed by atoms with Crippen LogP contribution in [0, 0.1) is 11.3 Å². The van der Waals surface area contributed by atoms with Gasteiger partial charge in [-0.15, -0.1) is 0 Å². The van der Waals surface area contributed by atoms with Crippen LogP contribution in [0.3, 0.4) is 0 Å². The minimum absolute atomic E-state index is 0.105. The quantitative estimate of drug-likeness (QED) is 0.652. The predicted molar refractivity (Wildman–Crippen MR) is 64.8 cm³/mol. The number of hydrogen-bond acceptors (Lipinski definition) is 2. The first-order chi connectivity index (χ1) is 7.90. The lowest BCUT2D eigenvalue weighted by atomic mass is 9.88. The monoisotopic (exact) mass is 206 g/mol. The molecule has 0 aromatic heterocycles. The van der Waals surface area contributed by atoms with E-state index in [2.05, 4.69) is 29.3 Å². The molecule has 1 unspecified atom stereocenters. The lowest BCUT2D eigenvalue weighted by Gasteiger charge is -2.17. The normalized spacial score (nSPS) is 18.1. The molecule has 0 radical (unpaired) electrons. The maximum atomic E-state index is 9.17. The Morgan fingerprint density at radius 1 is 1.19 bits per heavy atom. The number of benzene rings is 2. The third-order valence-electron chi connectivity index (χ3n) is 3.03. The summed E-state index contributed by atoms with van der Waals surface area (Å²) in [6.45, 7) is 0.581. The van der Waals surface area contributed by atoms with E-state index in [-0.39, 0.29) is 5.92 Å². The van der Waals surface area contributed by atoms with Crippen LogP contribution < -0.4 is 0 Å². The SMILES string of the molecule is N#CC1CN=Cc2ccc3ccccc3c21. The van der Waals surface area contributed by atoms with E-state index in [1.165, 1.54) is 10.8 Å². The van der Waals surface area contributed by atoms with E-state index in [4.69, 9.17) is 0 Å². The molecule has 1 aliphatic heterocycles. The van der Waals surface area contributed by atoms with Crippen LogP contribution in [0.15, 0.2) is 41.4 Å². The van der Waals surface area contributed by atoms with Crippen molar-refractivity contribution in [3.63, 3.8) is 0 Å². The minimum Gasteiger partial charge on any atom is -0.291 e. The zero-order valence-electron chi connectivity index (χ0n) is 8.72. The Balaban J connectivity index is 2.40. The van der Waals surface area contributed by atoms with Gasteiger partial charge in [0.15, 0.2) is 0 Å². The Morgan fingerprint density at radius 3 is 2.94 bits per heavy atom. The van der Waals surface area contributed by atoms with E-state index in [9.17, 15) is 5.26 Å². The zero-order chi connectivity index (χ0) is 11.0. The minimum atomic E-state index is -0.105. The second kappa shape index (κ2) is 3.46. The first-order valence-electron chi connectivity index (χ1n) is 5.31. The van der Waals surface area contributed by atoms with Crippen molar-refractivity contribution in [2.24, 2.45) is 4.99 Å².